The second-order valence-electron chi connectivity index (χ2n) is 5.40. The monoisotopic (exact) mass is 324 g/mol. The largest absolute Gasteiger partial charge is 0.356 e. The van der Waals surface area contributed by atoms with Gasteiger partial charge in [0.15, 0.2) is 0 Å². The van der Waals surface area contributed by atoms with Crippen LogP contribution in [0.3, 0.4) is 0 Å². The zero-order chi connectivity index (χ0) is 15.6. The van der Waals surface area contributed by atoms with Gasteiger partial charge >= 0.3 is 0 Å². The van der Waals surface area contributed by atoms with E-state index in [1.807, 2.05) is 42.2 Å². The number of fused-ring (bicyclic) bond motifs is 1. The van der Waals surface area contributed by atoms with Gasteiger partial charge in [0.25, 0.3) is 0 Å². The first-order chi connectivity index (χ1) is 11.3. The first kappa shape index (κ1) is 14.0. The Balaban J connectivity index is 1.40. The van der Waals surface area contributed by atoms with Gasteiger partial charge in [0.1, 0.15) is 0 Å². The molecule has 0 saturated carbocycles. The number of rotatable bonds is 5. The molecule has 3 aromatic heterocycles. The molecule has 0 radical (unpaired) electrons. The molecular formula is C16H16N6S. The van der Waals surface area contributed by atoms with Crippen LogP contribution in [0.4, 0.5) is 5.13 Å². The molecule has 0 fully saturated rings. The van der Waals surface area contributed by atoms with Crippen LogP contribution < -0.4 is 5.32 Å². The number of anilines is 1. The lowest BCUT2D eigenvalue weighted by Crippen LogP contribution is -2.00. The first-order valence-corrected chi connectivity index (χ1v) is 8.20. The molecule has 6 nitrogen and oxygen atoms in total. The Morgan fingerprint density at radius 2 is 2.00 bits per heavy atom. The molecule has 4 rings (SSSR count). The molecule has 1 aromatic carbocycles. The van der Waals surface area contributed by atoms with Crippen molar-refractivity contribution in [3.63, 3.8) is 0 Å². The lowest BCUT2D eigenvalue weighted by molar-refractivity contribution is 0.686. The third-order valence-corrected chi connectivity index (χ3v) is 4.36. The predicted octanol–water partition coefficient (Wildman–Crippen LogP) is 2.96. The highest BCUT2D eigenvalue weighted by atomic mass is 32.1. The second-order valence-corrected chi connectivity index (χ2v) is 6.36. The number of aryl methyl sites for hydroxylation is 1. The van der Waals surface area contributed by atoms with Crippen molar-refractivity contribution in [3.05, 3.63) is 65.7 Å². The van der Waals surface area contributed by atoms with Crippen molar-refractivity contribution in [1.29, 1.82) is 0 Å². The molecule has 1 N–H and O–H groups in total. The average Bonchev–Trinajstić information content (AvgIpc) is 3.21. The number of nitrogens with zero attached hydrogens (tertiary/aromatic N) is 5. The van der Waals surface area contributed by atoms with Gasteiger partial charge in [0.05, 0.1) is 24.6 Å². The van der Waals surface area contributed by atoms with Crippen LogP contribution in [0.1, 0.15) is 16.8 Å². The Bertz CT molecular complexity index is 889. The number of nitrogens with one attached hydrogen (secondary N) is 1. The summed E-state index contributed by atoms with van der Waals surface area (Å²) < 4.78 is 3.76. The number of benzene rings is 1. The Kier molecular flexibility index (Phi) is 3.55. The minimum atomic E-state index is 0.699. The van der Waals surface area contributed by atoms with E-state index in [0.717, 1.165) is 27.9 Å². The third kappa shape index (κ3) is 3.09. The molecule has 0 spiro atoms. The van der Waals surface area contributed by atoms with E-state index < -0.39 is 0 Å². The maximum absolute atomic E-state index is 4.46. The van der Waals surface area contributed by atoms with Gasteiger partial charge in [-0.1, -0.05) is 41.7 Å². The number of hydrogen-bond donors (Lipinski definition) is 1. The van der Waals surface area contributed by atoms with Crippen molar-refractivity contribution < 1.29 is 0 Å². The normalized spacial score (nSPS) is 11.2. The highest BCUT2D eigenvalue weighted by molar-refractivity contribution is 7.20. The molecule has 7 heteroatoms. The third-order valence-electron chi connectivity index (χ3n) is 3.48. The van der Waals surface area contributed by atoms with Crippen LogP contribution in [0.25, 0.3) is 4.96 Å². The van der Waals surface area contributed by atoms with Crippen LogP contribution in [-0.4, -0.2) is 24.4 Å². The molecule has 23 heavy (non-hydrogen) atoms. The molecule has 0 atom stereocenters. The maximum Gasteiger partial charge on any atom is 0.214 e. The van der Waals surface area contributed by atoms with Gasteiger partial charge in [-0.15, -0.1) is 5.10 Å². The Morgan fingerprint density at radius 3 is 2.83 bits per heavy atom. The van der Waals surface area contributed by atoms with Crippen molar-refractivity contribution in [2.24, 2.45) is 0 Å². The summed E-state index contributed by atoms with van der Waals surface area (Å²) in [4.78, 5) is 5.31. The highest BCUT2D eigenvalue weighted by Gasteiger charge is 2.06. The summed E-state index contributed by atoms with van der Waals surface area (Å²) in [6, 6.07) is 10.3. The molecule has 0 bridgehead atoms. The highest BCUT2D eigenvalue weighted by Crippen LogP contribution is 2.19. The quantitative estimate of drug-likeness (QED) is 0.613. The van der Waals surface area contributed by atoms with Gasteiger partial charge in [-0.2, -0.15) is 5.10 Å². The van der Waals surface area contributed by atoms with Crippen molar-refractivity contribution >= 4 is 21.4 Å². The summed E-state index contributed by atoms with van der Waals surface area (Å²) in [6.45, 7) is 3.45. The second kappa shape index (κ2) is 5.85. The summed E-state index contributed by atoms with van der Waals surface area (Å²) in [6.07, 6.45) is 5.87. The molecule has 3 heterocycles. The lowest BCUT2D eigenvalue weighted by Gasteiger charge is -2.01. The van der Waals surface area contributed by atoms with Crippen molar-refractivity contribution in [2.45, 2.75) is 20.0 Å². The van der Waals surface area contributed by atoms with E-state index in [2.05, 4.69) is 38.8 Å². The molecular weight excluding hydrogens is 308 g/mol. The van der Waals surface area contributed by atoms with Gasteiger partial charge in [-0.05, 0) is 12.5 Å². The van der Waals surface area contributed by atoms with Crippen molar-refractivity contribution in [1.82, 2.24) is 24.4 Å². The summed E-state index contributed by atoms with van der Waals surface area (Å²) in [5, 5.41) is 13.1. The summed E-state index contributed by atoms with van der Waals surface area (Å²) in [5.74, 6) is 0. The fourth-order valence-electron chi connectivity index (χ4n) is 2.41. The Labute approximate surface area is 137 Å². The molecule has 0 saturated heterocycles. The predicted molar refractivity (Wildman–Crippen MR) is 90.7 cm³/mol. The minimum absolute atomic E-state index is 0.699. The fourth-order valence-corrected chi connectivity index (χ4v) is 3.24. The van der Waals surface area contributed by atoms with Gasteiger partial charge in [-0.25, -0.2) is 9.50 Å². The fraction of sp³-hybridized carbons (Fsp3) is 0.188. The van der Waals surface area contributed by atoms with Crippen LogP contribution in [-0.2, 0) is 13.1 Å². The molecule has 4 aromatic rings. The molecule has 0 unspecified atom stereocenters. The van der Waals surface area contributed by atoms with E-state index >= 15 is 0 Å². The minimum Gasteiger partial charge on any atom is -0.356 e. The van der Waals surface area contributed by atoms with E-state index in [1.165, 1.54) is 5.56 Å². The van der Waals surface area contributed by atoms with Crippen LogP contribution in [0.15, 0.2) is 48.9 Å². The molecule has 116 valence electrons. The van der Waals surface area contributed by atoms with E-state index in [9.17, 15) is 0 Å². The Morgan fingerprint density at radius 1 is 1.13 bits per heavy atom. The van der Waals surface area contributed by atoms with Gasteiger partial charge in [-0.3, -0.25) is 4.68 Å². The van der Waals surface area contributed by atoms with Crippen LogP contribution in [0.2, 0.25) is 0 Å². The SMILES string of the molecule is Cc1cn2nc(NCc3cnn(Cc4ccccc4)c3)sc2n1. The average molecular weight is 324 g/mol. The zero-order valence-electron chi connectivity index (χ0n) is 12.7. The number of hydrogen-bond acceptors (Lipinski definition) is 5. The smallest absolute Gasteiger partial charge is 0.214 e. The molecule has 0 amide bonds. The lowest BCUT2D eigenvalue weighted by atomic mass is 10.2. The van der Waals surface area contributed by atoms with E-state index in [-0.39, 0.29) is 0 Å². The zero-order valence-corrected chi connectivity index (χ0v) is 13.5. The van der Waals surface area contributed by atoms with Crippen LogP contribution >= 0.6 is 11.3 Å². The summed E-state index contributed by atoms with van der Waals surface area (Å²) in [5.41, 5.74) is 3.36. The van der Waals surface area contributed by atoms with E-state index in [4.69, 9.17) is 0 Å². The summed E-state index contributed by atoms with van der Waals surface area (Å²) >= 11 is 1.55. The standard InChI is InChI=1S/C16H16N6S/c1-12-9-22-16(19-12)23-15(20-22)17-7-14-8-18-21(11-14)10-13-5-3-2-4-6-13/h2-6,8-9,11H,7,10H2,1H3,(H,17,20). The maximum atomic E-state index is 4.46. The topological polar surface area (TPSA) is 60.0 Å². The summed E-state index contributed by atoms with van der Waals surface area (Å²) in [7, 11) is 0. The van der Waals surface area contributed by atoms with E-state index in [1.54, 1.807) is 15.9 Å². The number of imidazole rings is 1. The molecule has 0 aliphatic heterocycles. The van der Waals surface area contributed by atoms with Crippen LogP contribution in [0.5, 0.6) is 0 Å². The number of aromatic nitrogens is 5. The first-order valence-electron chi connectivity index (χ1n) is 7.38. The van der Waals surface area contributed by atoms with Crippen LogP contribution in [0, 0.1) is 6.92 Å². The van der Waals surface area contributed by atoms with E-state index in [0.29, 0.717) is 6.54 Å². The van der Waals surface area contributed by atoms with Crippen molar-refractivity contribution in [2.75, 3.05) is 5.32 Å². The van der Waals surface area contributed by atoms with Gasteiger partial charge in [0.2, 0.25) is 10.1 Å². The van der Waals surface area contributed by atoms with Gasteiger partial charge in [0, 0.05) is 18.3 Å². The van der Waals surface area contributed by atoms with Gasteiger partial charge < -0.3 is 5.32 Å². The van der Waals surface area contributed by atoms with Crippen molar-refractivity contribution in [3.8, 4) is 0 Å². The Hall–Kier alpha value is -2.67. The molecule has 0 aliphatic carbocycles. The molecule has 0 aliphatic rings.